The average Bonchev–Trinajstić information content (AvgIpc) is 3.05. The predicted molar refractivity (Wildman–Crippen MR) is 80.4 cm³/mol. The molecule has 0 aliphatic heterocycles. The highest BCUT2D eigenvalue weighted by Gasteiger charge is 2.17. The number of para-hydroxylation sites is 1. The lowest BCUT2D eigenvalue weighted by Crippen LogP contribution is -2.14. The molecule has 3 rings (SSSR count). The van der Waals surface area contributed by atoms with Crippen molar-refractivity contribution in [3.8, 4) is 11.4 Å². The van der Waals surface area contributed by atoms with Gasteiger partial charge in [0.15, 0.2) is 0 Å². The summed E-state index contributed by atoms with van der Waals surface area (Å²) in [4.78, 5) is 4.32. The fraction of sp³-hybridized carbons (Fsp3) is 0.125. The lowest BCUT2D eigenvalue weighted by molar-refractivity contribution is 0.404. The second-order valence-corrected chi connectivity index (χ2v) is 4.62. The number of hydrogen-bond donors (Lipinski definition) is 1. The lowest BCUT2D eigenvalue weighted by Gasteiger charge is -2.12. The molecule has 0 fully saturated rings. The van der Waals surface area contributed by atoms with Crippen molar-refractivity contribution in [3.05, 3.63) is 72.3 Å². The van der Waals surface area contributed by atoms with Crippen LogP contribution >= 0.6 is 0 Å². The molecule has 1 atom stereocenters. The summed E-state index contributed by atoms with van der Waals surface area (Å²) in [6, 6.07) is 13.2. The Morgan fingerprint density at radius 3 is 2.71 bits per heavy atom. The molecule has 1 unspecified atom stereocenters. The molecule has 5 nitrogen and oxygen atoms in total. The summed E-state index contributed by atoms with van der Waals surface area (Å²) in [7, 11) is 1.61. The Bertz CT molecular complexity index is 724. The maximum Gasteiger partial charge on any atom is 0.142 e. The van der Waals surface area contributed by atoms with Crippen LogP contribution in [0.2, 0.25) is 0 Å². The van der Waals surface area contributed by atoms with Gasteiger partial charge in [0.25, 0.3) is 0 Å². The van der Waals surface area contributed by atoms with Gasteiger partial charge in [0, 0.05) is 18.0 Å². The standard InChI is InChI=1S/C16H16N4O/c1-21-14-8-5-9-18-16(14)15(17)12-10-19-20(11-12)13-6-3-2-4-7-13/h2-11,15H,17H2,1H3. The number of rotatable bonds is 4. The summed E-state index contributed by atoms with van der Waals surface area (Å²) in [5.74, 6) is 0.678. The topological polar surface area (TPSA) is 66.0 Å². The summed E-state index contributed by atoms with van der Waals surface area (Å²) in [5.41, 5.74) is 8.86. The highest BCUT2D eigenvalue weighted by Crippen LogP contribution is 2.26. The van der Waals surface area contributed by atoms with E-state index in [9.17, 15) is 0 Å². The molecule has 0 radical (unpaired) electrons. The number of hydrogen-bond acceptors (Lipinski definition) is 4. The third-order valence-electron chi connectivity index (χ3n) is 3.30. The molecule has 2 aromatic heterocycles. The summed E-state index contributed by atoms with van der Waals surface area (Å²) in [6.45, 7) is 0. The van der Waals surface area contributed by atoms with Gasteiger partial charge < -0.3 is 10.5 Å². The van der Waals surface area contributed by atoms with Crippen LogP contribution in [0.15, 0.2) is 61.1 Å². The molecule has 0 saturated heterocycles. The highest BCUT2D eigenvalue weighted by atomic mass is 16.5. The second-order valence-electron chi connectivity index (χ2n) is 4.62. The molecule has 5 heteroatoms. The number of ether oxygens (including phenoxy) is 1. The first-order valence-corrected chi connectivity index (χ1v) is 6.64. The molecule has 0 amide bonds. The van der Waals surface area contributed by atoms with Crippen LogP contribution < -0.4 is 10.5 Å². The van der Waals surface area contributed by atoms with Gasteiger partial charge in [-0.2, -0.15) is 5.10 Å². The number of benzene rings is 1. The Labute approximate surface area is 123 Å². The van der Waals surface area contributed by atoms with Crippen molar-refractivity contribution in [2.75, 3.05) is 7.11 Å². The van der Waals surface area contributed by atoms with Crippen molar-refractivity contribution in [3.63, 3.8) is 0 Å². The second kappa shape index (κ2) is 5.76. The molecule has 0 spiro atoms. The zero-order chi connectivity index (χ0) is 14.7. The zero-order valence-corrected chi connectivity index (χ0v) is 11.7. The summed E-state index contributed by atoms with van der Waals surface area (Å²) in [6.07, 6.45) is 5.37. The van der Waals surface area contributed by atoms with Crippen LogP contribution in [0, 0.1) is 0 Å². The molecular weight excluding hydrogens is 264 g/mol. The van der Waals surface area contributed by atoms with E-state index in [-0.39, 0.29) is 6.04 Å². The smallest absolute Gasteiger partial charge is 0.142 e. The van der Waals surface area contributed by atoms with Crippen molar-refractivity contribution in [1.82, 2.24) is 14.8 Å². The molecule has 2 heterocycles. The number of nitrogens with two attached hydrogens (primary N) is 1. The van der Waals surface area contributed by atoms with E-state index in [1.807, 2.05) is 48.7 Å². The van der Waals surface area contributed by atoms with Gasteiger partial charge in [-0.3, -0.25) is 4.98 Å². The summed E-state index contributed by atoms with van der Waals surface area (Å²) < 4.78 is 7.11. The Morgan fingerprint density at radius 1 is 1.14 bits per heavy atom. The first-order valence-electron chi connectivity index (χ1n) is 6.64. The predicted octanol–water partition coefficient (Wildman–Crippen LogP) is 2.32. The highest BCUT2D eigenvalue weighted by molar-refractivity contribution is 5.37. The fourth-order valence-electron chi connectivity index (χ4n) is 2.19. The minimum absolute atomic E-state index is 0.376. The summed E-state index contributed by atoms with van der Waals surface area (Å²) in [5, 5.41) is 4.36. The minimum Gasteiger partial charge on any atom is -0.495 e. The van der Waals surface area contributed by atoms with Crippen molar-refractivity contribution in [2.45, 2.75) is 6.04 Å². The quantitative estimate of drug-likeness (QED) is 0.796. The van der Waals surface area contributed by atoms with Crippen LogP contribution in [-0.4, -0.2) is 21.9 Å². The Balaban J connectivity index is 1.93. The van der Waals surface area contributed by atoms with E-state index in [1.54, 1.807) is 24.2 Å². The molecule has 1 aromatic carbocycles. The van der Waals surface area contributed by atoms with Crippen molar-refractivity contribution >= 4 is 0 Å². The number of pyridine rings is 1. The lowest BCUT2D eigenvalue weighted by atomic mass is 10.1. The van der Waals surface area contributed by atoms with Gasteiger partial charge in [-0.15, -0.1) is 0 Å². The van der Waals surface area contributed by atoms with Gasteiger partial charge in [-0.05, 0) is 24.3 Å². The molecule has 0 aliphatic carbocycles. The van der Waals surface area contributed by atoms with Crippen molar-refractivity contribution < 1.29 is 4.74 Å². The molecule has 0 saturated carbocycles. The third kappa shape index (κ3) is 2.64. The number of methoxy groups -OCH3 is 1. The van der Waals surface area contributed by atoms with Crippen molar-refractivity contribution in [1.29, 1.82) is 0 Å². The number of nitrogens with zero attached hydrogens (tertiary/aromatic N) is 3. The van der Waals surface area contributed by atoms with Gasteiger partial charge >= 0.3 is 0 Å². The van der Waals surface area contributed by atoms with Gasteiger partial charge in [0.05, 0.1) is 25.0 Å². The first kappa shape index (κ1) is 13.3. The molecular formula is C16H16N4O. The fourth-order valence-corrected chi connectivity index (χ4v) is 2.19. The average molecular weight is 280 g/mol. The van der Waals surface area contributed by atoms with Gasteiger partial charge in [0.2, 0.25) is 0 Å². The monoisotopic (exact) mass is 280 g/mol. The Hall–Kier alpha value is -2.66. The van der Waals surface area contributed by atoms with E-state index in [0.717, 1.165) is 11.3 Å². The molecule has 2 N–H and O–H groups in total. The van der Waals surface area contributed by atoms with E-state index in [1.165, 1.54) is 0 Å². The maximum absolute atomic E-state index is 6.29. The van der Waals surface area contributed by atoms with Crippen LogP contribution in [0.25, 0.3) is 5.69 Å². The van der Waals surface area contributed by atoms with E-state index in [0.29, 0.717) is 11.4 Å². The molecule has 3 aromatic rings. The van der Waals surface area contributed by atoms with Crippen molar-refractivity contribution in [2.24, 2.45) is 5.73 Å². The van der Waals surface area contributed by atoms with E-state index >= 15 is 0 Å². The largest absolute Gasteiger partial charge is 0.495 e. The van der Waals surface area contributed by atoms with Gasteiger partial charge in [0.1, 0.15) is 11.4 Å². The normalized spacial score (nSPS) is 12.1. The maximum atomic E-state index is 6.29. The van der Waals surface area contributed by atoms with Gasteiger partial charge in [-0.25, -0.2) is 4.68 Å². The Kier molecular flexibility index (Phi) is 3.66. The molecule has 0 aliphatic rings. The van der Waals surface area contributed by atoms with E-state index in [4.69, 9.17) is 10.5 Å². The molecule has 106 valence electrons. The zero-order valence-electron chi connectivity index (χ0n) is 11.7. The first-order chi connectivity index (χ1) is 10.3. The van der Waals surface area contributed by atoms with Crippen LogP contribution in [0.4, 0.5) is 0 Å². The van der Waals surface area contributed by atoms with Crippen LogP contribution in [-0.2, 0) is 0 Å². The number of aromatic nitrogens is 3. The van der Waals surface area contributed by atoms with Gasteiger partial charge in [-0.1, -0.05) is 18.2 Å². The van der Waals surface area contributed by atoms with E-state index < -0.39 is 0 Å². The summed E-state index contributed by atoms with van der Waals surface area (Å²) >= 11 is 0. The third-order valence-corrected chi connectivity index (χ3v) is 3.30. The molecule has 0 bridgehead atoms. The SMILES string of the molecule is COc1cccnc1C(N)c1cnn(-c2ccccc2)c1. The van der Waals surface area contributed by atoms with Crippen LogP contribution in [0.5, 0.6) is 5.75 Å². The van der Waals surface area contributed by atoms with Crippen LogP contribution in [0.3, 0.4) is 0 Å². The van der Waals surface area contributed by atoms with E-state index in [2.05, 4.69) is 10.1 Å². The van der Waals surface area contributed by atoms with Crippen LogP contribution in [0.1, 0.15) is 17.3 Å². The molecule has 21 heavy (non-hydrogen) atoms. The Morgan fingerprint density at radius 2 is 1.95 bits per heavy atom. The minimum atomic E-state index is -0.376.